The molecule has 0 aliphatic rings. The number of hydrazone groups is 1. The number of hydrogen-bond donors (Lipinski definition) is 2. The summed E-state index contributed by atoms with van der Waals surface area (Å²) in [4.78, 5) is 10.3. The van der Waals surface area contributed by atoms with Gasteiger partial charge in [0.1, 0.15) is 17.7 Å². The lowest BCUT2D eigenvalue weighted by atomic mass is 10.3. The van der Waals surface area contributed by atoms with Crippen LogP contribution in [0.5, 0.6) is 11.5 Å². The summed E-state index contributed by atoms with van der Waals surface area (Å²) in [6.07, 6.45) is 0.774. The molecule has 0 unspecified atom stereocenters. The number of carboxylic acids is 1. The summed E-state index contributed by atoms with van der Waals surface area (Å²) in [7, 11) is 0. The number of aliphatic carboxylic acids is 1. The first-order valence-corrected chi connectivity index (χ1v) is 6.07. The first-order valence-electron chi connectivity index (χ1n) is 5.69. The summed E-state index contributed by atoms with van der Waals surface area (Å²) >= 11 is 5.87. The standard InChI is InChI=1S/C14H11ClN2O3/c15-10-2-1-3-13(8-10)20-12-6-4-11(5-7-12)17-16-9-14(18)19/h1-9,17H,(H,18,19)/b16-9+. The van der Waals surface area contributed by atoms with E-state index in [4.69, 9.17) is 21.4 Å². The zero-order chi connectivity index (χ0) is 14.4. The number of carboxylic acid groups (broad SMARTS) is 1. The van der Waals surface area contributed by atoms with Crippen LogP contribution in [0, 0.1) is 0 Å². The SMILES string of the molecule is O=C(O)/C=N/Nc1ccc(Oc2cccc(Cl)c2)cc1. The van der Waals surface area contributed by atoms with Crippen LogP contribution in [0.15, 0.2) is 53.6 Å². The fourth-order valence-electron chi connectivity index (χ4n) is 1.43. The lowest BCUT2D eigenvalue weighted by Crippen LogP contribution is -1.98. The molecule has 0 heterocycles. The van der Waals surface area contributed by atoms with Gasteiger partial charge in [-0.2, -0.15) is 5.10 Å². The molecule has 0 saturated carbocycles. The average molecular weight is 291 g/mol. The molecule has 20 heavy (non-hydrogen) atoms. The van der Waals surface area contributed by atoms with E-state index in [0.29, 0.717) is 22.2 Å². The highest BCUT2D eigenvalue weighted by Crippen LogP contribution is 2.25. The number of hydrogen-bond acceptors (Lipinski definition) is 4. The Kier molecular flexibility index (Phi) is 4.57. The van der Waals surface area contributed by atoms with E-state index in [1.165, 1.54) is 0 Å². The fraction of sp³-hybridized carbons (Fsp3) is 0. The Morgan fingerprint density at radius 1 is 1.20 bits per heavy atom. The molecule has 2 N–H and O–H groups in total. The monoisotopic (exact) mass is 290 g/mol. The molecule has 102 valence electrons. The van der Waals surface area contributed by atoms with Gasteiger partial charge in [-0.25, -0.2) is 4.79 Å². The number of carbonyl (C=O) groups is 1. The van der Waals surface area contributed by atoms with E-state index in [0.717, 1.165) is 6.21 Å². The normalized spacial score (nSPS) is 10.4. The largest absolute Gasteiger partial charge is 0.477 e. The highest BCUT2D eigenvalue weighted by molar-refractivity contribution is 6.30. The van der Waals surface area contributed by atoms with Crippen LogP contribution < -0.4 is 10.2 Å². The van der Waals surface area contributed by atoms with Crippen molar-refractivity contribution in [2.45, 2.75) is 0 Å². The summed E-state index contributed by atoms with van der Waals surface area (Å²) in [6.45, 7) is 0. The molecule has 5 nitrogen and oxygen atoms in total. The van der Waals surface area contributed by atoms with Crippen LogP contribution in [0.1, 0.15) is 0 Å². The minimum Gasteiger partial charge on any atom is -0.477 e. The van der Waals surface area contributed by atoms with Crippen LogP contribution >= 0.6 is 11.6 Å². The van der Waals surface area contributed by atoms with Gasteiger partial charge in [0.15, 0.2) is 0 Å². The predicted molar refractivity (Wildman–Crippen MR) is 77.7 cm³/mol. The Labute approximate surface area is 120 Å². The van der Waals surface area contributed by atoms with E-state index in [1.54, 1.807) is 48.5 Å². The third kappa shape index (κ3) is 4.29. The van der Waals surface area contributed by atoms with Gasteiger partial charge in [0.25, 0.3) is 0 Å². The van der Waals surface area contributed by atoms with Crippen LogP contribution in [0.3, 0.4) is 0 Å². The van der Waals surface area contributed by atoms with Gasteiger partial charge in [-0.05, 0) is 42.5 Å². The van der Waals surface area contributed by atoms with E-state index in [2.05, 4.69) is 10.5 Å². The number of nitrogens with zero attached hydrogens (tertiary/aromatic N) is 1. The molecule has 0 aromatic heterocycles. The maximum absolute atomic E-state index is 10.3. The molecule has 0 atom stereocenters. The van der Waals surface area contributed by atoms with Gasteiger partial charge in [0, 0.05) is 5.02 Å². The van der Waals surface area contributed by atoms with Gasteiger partial charge in [-0.1, -0.05) is 17.7 Å². The van der Waals surface area contributed by atoms with Crippen molar-refractivity contribution in [1.29, 1.82) is 0 Å². The maximum atomic E-state index is 10.3. The van der Waals surface area contributed by atoms with Crippen molar-refractivity contribution in [2.24, 2.45) is 5.10 Å². The third-order valence-corrected chi connectivity index (χ3v) is 2.49. The molecule has 0 aliphatic heterocycles. The van der Waals surface area contributed by atoms with Crippen molar-refractivity contribution in [3.8, 4) is 11.5 Å². The molecule has 2 aromatic rings. The van der Waals surface area contributed by atoms with Gasteiger partial charge in [0.2, 0.25) is 0 Å². The molecule has 0 fully saturated rings. The Hall–Kier alpha value is -2.53. The smallest absolute Gasteiger partial charge is 0.348 e. The summed E-state index contributed by atoms with van der Waals surface area (Å²) in [5, 5.41) is 12.5. The van der Waals surface area contributed by atoms with Gasteiger partial charge >= 0.3 is 5.97 Å². The molecular formula is C14H11ClN2O3. The summed E-state index contributed by atoms with van der Waals surface area (Å²) in [5.74, 6) is 0.167. The molecule has 2 aromatic carbocycles. The molecule has 0 bridgehead atoms. The molecule has 2 rings (SSSR count). The zero-order valence-electron chi connectivity index (χ0n) is 10.3. The molecule has 0 aliphatic carbocycles. The topological polar surface area (TPSA) is 70.9 Å². The second-order valence-electron chi connectivity index (χ2n) is 3.79. The second kappa shape index (κ2) is 6.58. The van der Waals surface area contributed by atoms with Gasteiger partial charge in [-0.3, -0.25) is 5.43 Å². The van der Waals surface area contributed by atoms with Crippen molar-refractivity contribution >= 4 is 29.5 Å². The Bertz CT molecular complexity index is 627. The van der Waals surface area contributed by atoms with Crippen molar-refractivity contribution in [2.75, 3.05) is 5.43 Å². The van der Waals surface area contributed by atoms with Crippen molar-refractivity contribution < 1.29 is 14.6 Å². The van der Waals surface area contributed by atoms with Crippen molar-refractivity contribution in [1.82, 2.24) is 0 Å². The summed E-state index contributed by atoms with van der Waals surface area (Å²) in [5.41, 5.74) is 3.24. The highest BCUT2D eigenvalue weighted by Gasteiger charge is 1.98. The predicted octanol–water partition coefficient (Wildman–Crippen LogP) is 3.61. The number of ether oxygens (including phenoxy) is 1. The number of halogens is 1. The van der Waals surface area contributed by atoms with Crippen LogP contribution in [0.25, 0.3) is 0 Å². The van der Waals surface area contributed by atoms with E-state index < -0.39 is 5.97 Å². The minimum atomic E-state index is -1.11. The highest BCUT2D eigenvalue weighted by atomic mass is 35.5. The maximum Gasteiger partial charge on any atom is 0.348 e. The molecule has 0 saturated heterocycles. The van der Waals surface area contributed by atoms with Crippen molar-refractivity contribution in [3.63, 3.8) is 0 Å². The van der Waals surface area contributed by atoms with Crippen LogP contribution in [-0.2, 0) is 4.79 Å². The molecule has 0 amide bonds. The van der Waals surface area contributed by atoms with Crippen LogP contribution in [-0.4, -0.2) is 17.3 Å². The quantitative estimate of drug-likeness (QED) is 0.652. The number of benzene rings is 2. The number of anilines is 1. The van der Waals surface area contributed by atoms with Crippen LogP contribution in [0.4, 0.5) is 5.69 Å². The number of nitrogens with one attached hydrogen (secondary N) is 1. The minimum absolute atomic E-state index is 0.601. The zero-order valence-corrected chi connectivity index (χ0v) is 11.0. The van der Waals surface area contributed by atoms with Gasteiger partial charge in [0.05, 0.1) is 5.69 Å². The second-order valence-corrected chi connectivity index (χ2v) is 4.23. The van der Waals surface area contributed by atoms with Gasteiger partial charge < -0.3 is 9.84 Å². The lowest BCUT2D eigenvalue weighted by molar-refractivity contribution is -0.128. The first-order chi connectivity index (χ1) is 9.63. The summed E-state index contributed by atoms with van der Waals surface area (Å²) in [6, 6.07) is 14.0. The summed E-state index contributed by atoms with van der Waals surface area (Å²) < 4.78 is 5.61. The fourth-order valence-corrected chi connectivity index (χ4v) is 1.61. The van der Waals surface area contributed by atoms with E-state index in [9.17, 15) is 4.79 Å². The molecule has 0 spiro atoms. The van der Waals surface area contributed by atoms with Crippen molar-refractivity contribution in [3.05, 3.63) is 53.6 Å². The van der Waals surface area contributed by atoms with Crippen LogP contribution in [0.2, 0.25) is 5.02 Å². The number of rotatable bonds is 5. The average Bonchev–Trinajstić information content (AvgIpc) is 2.40. The Balaban J connectivity index is 1.99. The van der Waals surface area contributed by atoms with E-state index in [1.807, 2.05) is 0 Å². The van der Waals surface area contributed by atoms with E-state index in [-0.39, 0.29) is 0 Å². The van der Waals surface area contributed by atoms with E-state index >= 15 is 0 Å². The first kappa shape index (κ1) is 13.9. The third-order valence-electron chi connectivity index (χ3n) is 2.25. The lowest BCUT2D eigenvalue weighted by Gasteiger charge is -2.06. The van der Waals surface area contributed by atoms with Gasteiger partial charge in [-0.15, -0.1) is 0 Å². The Morgan fingerprint density at radius 3 is 2.60 bits per heavy atom. The molecule has 0 radical (unpaired) electrons. The molecular weight excluding hydrogens is 280 g/mol. The molecule has 6 heteroatoms. The Morgan fingerprint density at radius 2 is 1.95 bits per heavy atom.